The fourth-order valence-electron chi connectivity index (χ4n) is 1.71. The van der Waals surface area contributed by atoms with Crippen LogP contribution in [0.15, 0.2) is 39.7 Å². The maximum absolute atomic E-state index is 13.7. The Bertz CT molecular complexity index is 786. The number of phenols is 1. The van der Waals surface area contributed by atoms with Crippen molar-refractivity contribution >= 4 is 31.6 Å². The Kier molecular flexibility index (Phi) is 4.20. The van der Waals surface area contributed by atoms with Gasteiger partial charge in [-0.1, -0.05) is 0 Å². The fourth-order valence-corrected chi connectivity index (χ4v) is 3.93. The standard InChI is InChI=1S/C13H10BrF2NO3S/c1-7-4-9(2-3-12(7)18)17-21(19,20)13-10(14)5-8(15)6-11(13)16/h2-6,17-18H,1H3. The normalized spacial score (nSPS) is 11.4. The molecule has 0 radical (unpaired) electrons. The third kappa shape index (κ3) is 3.33. The molecule has 4 nitrogen and oxygen atoms in total. The van der Waals surface area contributed by atoms with Crippen molar-refractivity contribution in [1.82, 2.24) is 0 Å². The zero-order valence-corrected chi connectivity index (χ0v) is 13.1. The molecule has 0 aliphatic rings. The number of hydrogen-bond donors (Lipinski definition) is 2. The summed E-state index contributed by atoms with van der Waals surface area (Å²) in [6, 6.07) is 5.38. The average Bonchev–Trinajstić information content (AvgIpc) is 2.31. The molecular weight excluding hydrogens is 368 g/mol. The van der Waals surface area contributed by atoms with Crippen molar-refractivity contribution in [3.8, 4) is 5.75 Å². The zero-order valence-electron chi connectivity index (χ0n) is 10.7. The number of nitrogens with one attached hydrogen (secondary N) is 1. The molecule has 8 heteroatoms. The molecular formula is C13H10BrF2NO3S. The Balaban J connectivity index is 2.46. The lowest BCUT2D eigenvalue weighted by Crippen LogP contribution is -2.15. The van der Waals surface area contributed by atoms with Gasteiger partial charge in [-0.25, -0.2) is 17.2 Å². The predicted octanol–water partition coefficient (Wildman–Crippen LogP) is 3.54. The third-order valence-corrected chi connectivity index (χ3v) is 5.03. The summed E-state index contributed by atoms with van der Waals surface area (Å²) in [5.41, 5.74) is 0.606. The van der Waals surface area contributed by atoms with E-state index in [0.717, 1.165) is 6.07 Å². The number of anilines is 1. The predicted molar refractivity (Wildman–Crippen MR) is 77.7 cm³/mol. The van der Waals surface area contributed by atoms with Gasteiger partial charge in [0, 0.05) is 16.2 Å². The number of aryl methyl sites for hydroxylation is 1. The highest BCUT2D eigenvalue weighted by Crippen LogP contribution is 2.29. The van der Waals surface area contributed by atoms with E-state index >= 15 is 0 Å². The quantitative estimate of drug-likeness (QED) is 0.803. The molecule has 0 aliphatic heterocycles. The highest BCUT2D eigenvalue weighted by Gasteiger charge is 2.24. The summed E-state index contributed by atoms with van der Waals surface area (Å²) < 4.78 is 53.1. The highest BCUT2D eigenvalue weighted by atomic mass is 79.9. The van der Waals surface area contributed by atoms with Gasteiger partial charge in [-0.3, -0.25) is 4.72 Å². The monoisotopic (exact) mass is 377 g/mol. The van der Waals surface area contributed by atoms with Crippen LogP contribution in [0.4, 0.5) is 14.5 Å². The Hall–Kier alpha value is -1.67. The van der Waals surface area contributed by atoms with E-state index in [1.807, 2.05) is 0 Å². The van der Waals surface area contributed by atoms with Crippen molar-refractivity contribution in [2.45, 2.75) is 11.8 Å². The van der Waals surface area contributed by atoms with Crippen LogP contribution >= 0.6 is 15.9 Å². The summed E-state index contributed by atoms with van der Waals surface area (Å²) in [7, 11) is -4.24. The number of rotatable bonds is 3. The lowest BCUT2D eigenvalue weighted by molar-refractivity contribution is 0.471. The molecule has 0 atom stereocenters. The molecule has 0 saturated carbocycles. The van der Waals surface area contributed by atoms with Crippen LogP contribution in [0.3, 0.4) is 0 Å². The van der Waals surface area contributed by atoms with Gasteiger partial charge < -0.3 is 5.11 Å². The molecule has 2 rings (SSSR count). The second-order valence-electron chi connectivity index (χ2n) is 4.31. The first-order valence-electron chi connectivity index (χ1n) is 5.67. The van der Waals surface area contributed by atoms with Gasteiger partial charge in [-0.2, -0.15) is 0 Å². The first-order chi connectivity index (χ1) is 9.70. The van der Waals surface area contributed by atoms with Gasteiger partial charge >= 0.3 is 0 Å². The van der Waals surface area contributed by atoms with Crippen molar-refractivity contribution in [3.05, 3.63) is 52.0 Å². The van der Waals surface area contributed by atoms with Crippen molar-refractivity contribution in [2.24, 2.45) is 0 Å². The molecule has 0 heterocycles. The molecule has 0 unspecified atom stereocenters. The number of sulfonamides is 1. The third-order valence-electron chi connectivity index (χ3n) is 2.68. The summed E-state index contributed by atoms with van der Waals surface area (Å²) in [6.45, 7) is 1.58. The van der Waals surface area contributed by atoms with E-state index in [1.165, 1.54) is 18.2 Å². The molecule has 0 aliphatic carbocycles. The van der Waals surface area contributed by atoms with Crippen molar-refractivity contribution in [1.29, 1.82) is 0 Å². The summed E-state index contributed by atoms with van der Waals surface area (Å²) in [5.74, 6) is -2.09. The maximum atomic E-state index is 13.7. The van der Waals surface area contributed by atoms with E-state index in [1.54, 1.807) is 6.92 Å². The lowest BCUT2D eigenvalue weighted by Gasteiger charge is -2.11. The van der Waals surface area contributed by atoms with Gasteiger partial charge in [0.25, 0.3) is 10.0 Å². The molecule has 0 saturated heterocycles. The SMILES string of the molecule is Cc1cc(NS(=O)(=O)c2c(F)cc(F)cc2Br)ccc1O. The summed E-state index contributed by atoms with van der Waals surface area (Å²) in [4.78, 5) is -0.686. The lowest BCUT2D eigenvalue weighted by atomic mass is 10.2. The molecule has 2 N–H and O–H groups in total. The van der Waals surface area contributed by atoms with E-state index in [9.17, 15) is 22.3 Å². The van der Waals surface area contributed by atoms with Crippen LogP contribution in [0.5, 0.6) is 5.75 Å². The Labute approximate surface area is 128 Å². The van der Waals surface area contributed by atoms with Gasteiger partial charge in [-0.15, -0.1) is 0 Å². The molecule has 112 valence electrons. The van der Waals surface area contributed by atoms with E-state index < -0.39 is 26.6 Å². The molecule has 2 aromatic rings. The van der Waals surface area contributed by atoms with Crippen LogP contribution in [-0.4, -0.2) is 13.5 Å². The molecule has 0 amide bonds. The maximum Gasteiger partial charge on any atom is 0.265 e. The van der Waals surface area contributed by atoms with Gasteiger partial charge in [0.05, 0.1) is 0 Å². The second-order valence-corrected chi connectivity index (χ2v) is 6.78. The minimum atomic E-state index is -4.24. The van der Waals surface area contributed by atoms with Crippen LogP contribution in [-0.2, 0) is 10.0 Å². The van der Waals surface area contributed by atoms with Gasteiger partial charge in [0.2, 0.25) is 0 Å². The van der Waals surface area contributed by atoms with Crippen LogP contribution in [0.25, 0.3) is 0 Å². The fraction of sp³-hybridized carbons (Fsp3) is 0.0769. The summed E-state index contributed by atoms with van der Waals surface area (Å²) in [5, 5.41) is 9.39. The summed E-state index contributed by atoms with van der Waals surface area (Å²) >= 11 is 2.83. The van der Waals surface area contributed by atoms with Gasteiger partial charge in [0.1, 0.15) is 22.3 Å². The highest BCUT2D eigenvalue weighted by molar-refractivity contribution is 9.10. The number of phenolic OH excluding ortho intramolecular Hbond substituents is 1. The average molecular weight is 378 g/mol. The van der Waals surface area contributed by atoms with Gasteiger partial charge in [0.15, 0.2) is 0 Å². The van der Waals surface area contributed by atoms with E-state index in [-0.39, 0.29) is 15.9 Å². The smallest absolute Gasteiger partial charge is 0.265 e. The number of benzene rings is 2. The van der Waals surface area contributed by atoms with E-state index in [4.69, 9.17) is 0 Å². The minimum Gasteiger partial charge on any atom is -0.508 e. The van der Waals surface area contributed by atoms with Gasteiger partial charge in [-0.05, 0) is 52.7 Å². The number of aromatic hydroxyl groups is 1. The Morgan fingerprint density at radius 3 is 2.43 bits per heavy atom. The topological polar surface area (TPSA) is 66.4 Å². The molecule has 0 spiro atoms. The van der Waals surface area contributed by atoms with Crippen LogP contribution in [0.1, 0.15) is 5.56 Å². The largest absolute Gasteiger partial charge is 0.508 e. The zero-order chi connectivity index (χ0) is 15.8. The van der Waals surface area contributed by atoms with E-state index in [2.05, 4.69) is 20.7 Å². The second kappa shape index (κ2) is 5.61. The molecule has 0 fully saturated rings. The van der Waals surface area contributed by atoms with Crippen LogP contribution < -0.4 is 4.72 Å². The van der Waals surface area contributed by atoms with Crippen molar-refractivity contribution in [2.75, 3.05) is 4.72 Å². The molecule has 0 bridgehead atoms. The molecule has 2 aromatic carbocycles. The first-order valence-corrected chi connectivity index (χ1v) is 7.95. The first kappa shape index (κ1) is 15.7. The van der Waals surface area contributed by atoms with Crippen LogP contribution in [0.2, 0.25) is 0 Å². The van der Waals surface area contributed by atoms with Crippen molar-refractivity contribution < 1.29 is 22.3 Å². The minimum absolute atomic E-state index is 0.00657. The number of halogens is 3. The Morgan fingerprint density at radius 1 is 1.19 bits per heavy atom. The van der Waals surface area contributed by atoms with Crippen LogP contribution in [0, 0.1) is 18.6 Å². The summed E-state index contributed by atoms with van der Waals surface area (Å²) in [6.07, 6.45) is 0. The van der Waals surface area contributed by atoms with Crippen molar-refractivity contribution in [3.63, 3.8) is 0 Å². The molecule has 0 aromatic heterocycles. The van der Waals surface area contributed by atoms with E-state index in [0.29, 0.717) is 11.6 Å². The Morgan fingerprint density at radius 2 is 1.86 bits per heavy atom. The molecule has 21 heavy (non-hydrogen) atoms. The number of hydrogen-bond acceptors (Lipinski definition) is 3.